The molecule has 2 atom stereocenters. The van der Waals surface area contributed by atoms with Crippen molar-refractivity contribution in [1.29, 1.82) is 0 Å². The molecule has 1 aliphatic heterocycles. The van der Waals surface area contributed by atoms with E-state index in [2.05, 4.69) is 5.32 Å². The second kappa shape index (κ2) is 5.26. The standard InChI is InChI=1S/C12H16N2O4S/c1-13-12(10-6-7-19(17,18)8-10)9-2-4-11(5-3-9)14(15)16/h2-5,10,12-13H,6-8H2,1H3. The zero-order valence-electron chi connectivity index (χ0n) is 10.6. The van der Waals surface area contributed by atoms with Gasteiger partial charge in [-0.15, -0.1) is 0 Å². The summed E-state index contributed by atoms with van der Waals surface area (Å²) < 4.78 is 23.0. The van der Waals surface area contributed by atoms with Crippen LogP contribution in [0, 0.1) is 16.0 Å². The first-order valence-electron chi connectivity index (χ1n) is 6.05. The number of hydrogen-bond acceptors (Lipinski definition) is 5. The highest BCUT2D eigenvalue weighted by Crippen LogP contribution is 2.31. The average Bonchev–Trinajstić information content (AvgIpc) is 2.71. The molecule has 1 fully saturated rings. The van der Waals surface area contributed by atoms with E-state index in [-0.39, 0.29) is 29.2 Å². The lowest BCUT2D eigenvalue weighted by atomic mass is 9.92. The Balaban J connectivity index is 2.20. The number of nitrogens with zero attached hydrogens (tertiary/aromatic N) is 1. The summed E-state index contributed by atoms with van der Waals surface area (Å²) in [7, 11) is -1.15. The summed E-state index contributed by atoms with van der Waals surface area (Å²) in [5.74, 6) is 0.426. The number of hydrogen-bond donors (Lipinski definition) is 1. The van der Waals surface area contributed by atoms with E-state index in [1.54, 1.807) is 19.2 Å². The van der Waals surface area contributed by atoms with Gasteiger partial charge in [0.1, 0.15) is 0 Å². The second-order valence-corrected chi connectivity index (χ2v) is 7.01. The maximum atomic E-state index is 11.5. The van der Waals surface area contributed by atoms with E-state index in [9.17, 15) is 18.5 Å². The molecular weight excluding hydrogens is 268 g/mol. The molecule has 0 aromatic heterocycles. The number of non-ortho nitro benzene ring substituents is 1. The number of sulfone groups is 1. The molecule has 0 aliphatic carbocycles. The second-order valence-electron chi connectivity index (χ2n) is 4.78. The molecule has 0 spiro atoms. The topological polar surface area (TPSA) is 89.3 Å². The number of nitrogens with one attached hydrogen (secondary N) is 1. The van der Waals surface area contributed by atoms with Crippen LogP contribution in [0.5, 0.6) is 0 Å². The molecule has 0 radical (unpaired) electrons. The van der Waals surface area contributed by atoms with Crippen LogP contribution in [0.3, 0.4) is 0 Å². The van der Waals surface area contributed by atoms with E-state index in [0.29, 0.717) is 6.42 Å². The van der Waals surface area contributed by atoms with Crippen LogP contribution in [0.1, 0.15) is 18.0 Å². The third kappa shape index (κ3) is 3.10. The van der Waals surface area contributed by atoms with Gasteiger partial charge in [0, 0.05) is 18.2 Å². The summed E-state index contributed by atoms with van der Waals surface area (Å²) in [4.78, 5) is 10.2. The Morgan fingerprint density at radius 2 is 2.00 bits per heavy atom. The fourth-order valence-corrected chi connectivity index (χ4v) is 4.40. The SMILES string of the molecule is CNC(c1ccc([N+](=O)[O-])cc1)C1CCS(=O)(=O)C1. The predicted molar refractivity (Wildman–Crippen MR) is 71.7 cm³/mol. The Kier molecular flexibility index (Phi) is 3.86. The molecule has 0 amide bonds. The quantitative estimate of drug-likeness (QED) is 0.664. The van der Waals surface area contributed by atoms with Crippen molar-refractivity contribution in [2.45, 2.75) is 12.5 Å². The van der Waals surface area contributed by atoms with Gasteiger partial charge >= 0.3 is 0 Å². The zero-order chi connectivity index (χ0) is 14.0. The third-order valence-corrected chi connectivity index (χ3v) is 5.31. The summed E-state index contributed by atoms with van der Waals surface area (Å²) in [5.41, 5.74) is 0.924. The van der Waals surface area contributed by atoms with Crippen molar-refractivity contribution in [1.82, 2.24) is 5.32 Å². The fraction of sp³-hybridized carbons (Fsp3) is 0.500. The summed E-state index contributed by atoms with van der Waals surface area (Å²) in [6.45, 7) is 0. The van der Waals surface area contributed by atoms with Crippen molar-refractivity contribution >= 4 is 15.5 Å². The Morgan fingerprint density at radius 1 is 1.37 bits per heavy atom. The van der Waals surface area contributed by atoms with Gasteiger partial charge in [-0.25, -0.2) is 8.42 Å². The molecule has 1 aromatic carbocycles. The smallest absolute Gasteiger partial charge is 0.269 e. The van der Waals surface area contributed by atoms with Crippen molar-refractivity contribution in [3.05, 3.63) is 39.9 Å². The number of nitro benzene ring substituents is 1. The molecule has 19 heavy (non-hydrogen) atoms. The summed E-state index contributed by atoms with van der Waals surface area (Å²) in [5, 5.41) is 13.7. The molecule has 6 nitrogen and oxygen atoms in total. The number of rotatable bonds is 4. The minimum atomic E-state index is -2.93. The van der Waals surface area contributed by atoms with E-state index in [1.165, 1.54) is 12.1 Å². The van der Waals surface area contributed by atoms with Gasteiger partial charge in [-0.1, -0.05) is 12.1 Å². The highest BCUT2D eigenvalue weighted by Gasteiger charge is 2.33. The van der Waals surface area contributed by atoms with E-state index in [0.717, 1.165) is 5.56 Å². The monoisotopic (exact) mass is 284 g/mol. The molecule has 1 saturated heterocycles. The maximum Gasteiger partial charge on any atom is 0.269 e. The Morgan fingerprint density at radius 3 is 2.42 bits per heavy atom. The molecule has 0 bridgehead atoms. The molecule has 2 rings (SSSR count). The van der Waals surface area contributed by atoms with Gasteiger partial charge in [0.05, 0.1) is 16.4 Å². The van der Waals surface area contributed by atoms with Gasteiger partial charge < -0.3 is 5.32 Å². The van der Waals surface area contributed by atoms with Crippen molar-refractivity contribution < 1.29 is 13.3 Å². The highest BCUT2D eigenvalue weighted by atomic mass is 32.2. The van der Waals surface area contributed by atoms with Crippen LogP contribution in [0.15, 0.2) is 24.3 Å². The fourth-order valence-electron chi connectivity index (χ4n) is 2.56. The lowest BCUT2D eigenvalue weighted by molar-refractivity contribution is -0.384. The molecule has 104 valence electrons. The molecule has 7 heteroatoms. The number of nitro groups is 1. The van der Waals surface area contributed by atoms with Crippen LogP contribution >= 0.6 is 0 Å². The lowest BCUT2D eigenvalue weighted by Gasteiger charge is -2.22. The maximum absolute atomic E-state index is 11.5. The van der Waals surface area contributed by atoms with E-state index < -0.39 is 14.8 Å². The molecule has 1 N–H and O–H groups in total. The first-order valence-corrected chi connectivity index (χ1v) is 7.87. The molecule has 1 aromatic rings. The van der Waals surface area contributed by atoms with Gasteiger partial charge in [-0.05, 0) is 24.9 Å². The largest absolute Gasteiger partial charge is 0.313 e. The van der Waals surface area contributed by atoms with Crippen LogP contribution in [0.2, 0.25) is 0 Å². The van der Waals surface area contributed by atoms with Gasteiger partial charge in [0.2, 0.25) is 0 Å². The number of benzene rings is 1. The van der Waals surface area contributed by atoms with Crippen LogP contribution in [0.25, 0.3) is 0 Å². The Hall–Kier alpha value is -1.47. The summed E-state index contributed by atoms with van der Waals surface area (Å²) >= 11 is 0. The van der Waals surface area contributed by atoms with Crippen LogP contribution in [0.4, 0.5) is 5.69 Å². The lowest BCUT2D eigenvalue weighted by Crippen LogP contribution is -2.26. The van der Waals surface area contributed by atoms with Crippen molar-refractivity contribution in [3.8, 4) is 0 Å². The highest BCUT2D eigenvalue weighted by molar-refractivity contribution is 7.91. The van der Waals surface area contributed by atoms with E-state index >= 15 is 0 Å². The molecular formula is C12H16N2O4S. The average molecular weight is 284 g/mol. The molecule has 2 unspecified atom stereocenters. The first-order chi connectivity index (χ1) is 8.93. The normalized spacial score (nSPS) is 23.1. The Bertz CT molecular complexity index is 568. The Labute approximate surface area is 111 Å². The third-order valence-electron chi connectivity index (χ3n) is 3.51. The molecule has 0 saturated carbocycles. The van der Waals surface area contributed by atoms with E-state index in [4.69, 9.17) is 0 Å². The first kappa shape index (κ1) is 14.0. The van der Waals surface area contributed by atoms with Crippen molar-refractivity contribution in [2.24, 2.45) is 5.92 Å². The predicted octanol–water partition coefficient (Wildman–Crippen LogP) is 1.29. The molecule has 1 heterocycles. The minimum Gasteiger partial charge on any atom is -0.313 e. The van der Waals surface area contributed by atoms with Crippen LogP contribution in [-0.4, -0.2) is 31.9 Å². The summed E-state index contributed by atoms with van der Waals surface area (Å²) in [6, 6.07) is 6.18. The van der Waals surface area contributed by atoms with Gasteiger partial charge in [-0.2, -0.15) is 0 Å². The van der Waals surface area contributed by atoms with Crippen LogP contribution in [-0.2, 0) is 9.84 Å². The molecule has 1 aliphatic rings. The van der Waals surface area contributed by atoms with Crippen LogP contribution < -0.4 is 5.32 Å². The van der Waals surface area contributed by atoms with E-state index in [1.807, 2.05) is 0 Å². The minimum absolute atomic E-state index is 0.0245. The zero-order valence-corrected chi connectivity index (χ0v) is 11.4. The van der Waals surface area contributed by atoms with Gasteiger partial charge in [-0.3, -0.25) is 10.1 Å². The van der Waals surface area contributed by atoms with Gasteiger partial charge in [0.25, 0.3) is 5.69 Å². The van der Waals surface area contributed by atoms with Crippen molar-refractivity contribution in [2.75, 3.05) is 18.6 Å². The summed E-state index contributed by atoms with van der Waals surface area (Å²) in [6.07, 6.45) is 0.630. The van der Waals surface area contributed by atoms with Gasteiger partial charge in [0.15, 0.2) is 9.84 Å². The van der Waals surface area contributed by atoms with Crippen molar-refractivity contribution in [3.63, 3.8) is 0 Å².